The molecule has 0 atom stereocenters. The lowest BCUT2D eigenvalue weighted by Gasteiger charge is -2.41. The second kappa shape index (κ2) is 9.90. The molecule has 35 heavy (non-hydrogen) atoms. The number of amides is 1. The summed E-state index contributed by atoms with van der Waals surface area (Å²) in [6, 6.07) is 8.83. The van der Waals surface area contributed by atoms with E-state index < -0.39 is 55.0 Å². The standard InChI is InChI=1S/C20H18F12N2O/c21-14(22)16(23,24)18(27,28)20(31,32)19(29,30)17(25,26)15(35)34-11-9-33(10-12-34)8-4-7-13-5-2-1-3-6-13/h1-7,14H,8-12H2/b7-4+. The first-order valence-corrected chi connectivity index (χ1v) is 9.81. The molecule has 0 unspecified atom stereocenters. The number of alkyl halides is 12. The number of halogens is 12. The molecule has 0 N–H and O–H groups in total. The number of carbonyl (C=O) groups is 1. The van der Waals surface area contributed by atoms with Gasteiger partial charge < -0.3 is 4.90 Å². The van der Waals surface area contributed by atoms with Crippen molar-refractivity contribution in [3.63, 3.8) is 0 Å². The van der Waals surface area contributed by atoms with Gasteiger partial charge in [-0.05, 0) is 5.56 Å². The average Bonchev–Trinajstić information content (AvgIpc) is 2.79. The average molecular weight is 530 g/mol. The van der Waals surface area contributed by atoms with Crippen molar-refractivity contribution in [2.45, 2.75) is 36.0 Å². The minimum absolute atomic E-state index is 0.0230. The van der Waals surface area contributed by atoms with Crippen molar-refractivity contribution in [2.75, 3.05) is 32.7 Å². The Hall–Kier alpha value is -2.45. The third-order valence-electron chi connectivity index (χ3n) is 5.28. The van der Waals surface area contributed by atoms with Gasteiger partial charge in [0.25, 0.3) is 5.91 Å². The fourth-order valence-corrected chi connectivity index (χ4v) is 3.11. The van der Waals surface area contributed by atoms with Crippen molar-refractivity contribution < 1.29 is 57.5 Å². The van der Waals surface area contributed by atoms with Gasteiger partial charge >= 0.3 is 36.0 Å². The van der Waals surface area contributed by atoms with Gasteiger partial charge in [0.15, 0.2) is 0 Å². The third-order valence-corrected chi connectivity index (χ3v) is 5.28. The third kappa shape index (κ3) is 5.09. The second-order valence-corrected chi connectivity index (χ2v) is 7.63. The summed E-state index contributed by atoms with van der Waals surface area (Å²) in [7, 11) is 0. The number of carbonyl (C=O) groups excluding carboxylic acids is 1. The molecule has 198 valence electrons. The Kier molecular flexibility index (Phi) is 8.14. The lowest BCUT2D eigenvalue weighted by molar-refractivity contribution is -0.407. The first kappa shape index (κ1) is 28.8. The van der Waals surface area contributed by atoms with Crippen molar-refractivity contribution in [1.82, 2.24) is 9.80 Å². The van der Waals surface area contributed by atoms with E-state index in [1.165, 1.54) is 0 Å². The Labute approximate surface area is 191 Å². The lowest BCUT2D eigenvalue weighted by atomic mass is 9.93. The van der Waals surface area contributed by atoms with E-state index >= 15 is 0 Å². The Morgan fingerprint density at radius 2 is 1.31 bits per heavy atom. The molecule has 1 aromatic carbocycles. The molecule has 0 aliphatic carbocycles. The molecular weight excluding hydrogens is 512 g/mol. The molecule has 1 heterocycles. The monoisotopic (exact) mass is 530 g/mol. The highest BCUT2D eigenvalue weighted by Crippen LogP contribution is 2.58. The van der Waals surface area contributed by atoms with Crippen LogP contribution in [-0.2, 0) is 4.79 Å². The molecule has 15 heteroatoms. The van der Waals surface area contributed by atoms with Crippen LogP contribution in [0.3, 0.4) is 0 Å². The molecule has 0 bridgehead atoms. The molecule has 1 fully saturated rings. The minimum atomic E-state index is -7.72. The quantitative estimate of drug-likeness (QED) is 0.406. The molecule has 1 aliphatic rings. The maximum Gasteiger partial charge on any atom is 0.392 e. The topological polar surface area (TPSA) is 23.6 Å². The fourth-order valence-electron chi connectivity index (χ4n) is 3.11. The summed E-state index contributed by atoms with van der Waals surface area (Å²) < 4.78 is 160. The van der Waals surface area contributed by atoms with Crippen LogP contribution in [0.2, 0.25) is 0 Å². The molecular formula is C20H18F12N2O. The highest BCUT2D eigenvalue weighted by Gasteiger charge is 2.89. The molecule has 1 aromatic rings. The SMILES string of the molecule is O=C(N1CCN(C/C=C/c2ccccc2)CC1)C(F)(F)C(F)(F)C(F)(F)C(F)(F)C(F)(F)C(F)F. The predicted octanol–water partition coefficient (Wildman–Crippen LogP) is 5.29. The normalized spacial score (nSPS) is 17.5. The van der Waals surface area contributed by atoms with Gasteiger partial charge in [-0.25, -0.2) is 8.78 Å². The van der Waals surface area contributed by atoms with E-state index in [1.54, 1.807) is 47.4 Å². The van der Waals surface area contributed by atoms with Gasteiger partial charge in [-0.1, -0.05) is 42.5 Å². The first-order valence-electron chi connectivity index (χ1n) is 9.81. The molecule has 3 nitrogen and oxygen atoms in total. The van der Waals surface area contributed by atoms with Crippen LogP contribution >= 0.6 is 0 Å². The summed E-state index contributed by atoms with van der Waals surface area (Å²) in [5.41, 5.74) is 0.818. The van der Waals surface area contributed by atoms with E-state index in [1.807, 2.05) is 0 Å². The maximum atomic E-state index is 14.1. The van der Waals surface area contributed by atoms with Gasteiger partial charge in [0, 0.05) is 32.7 Å². The largest absolute Gasteiger partial charge is 0.392 e. The molecule has 1 saturated heterocycles. The zero-order chi connectivity index (χ0) is 26.9. The lowest BCUT2D eigenvalue weighted by Crippen LogP contribution is -2.71. The van der Waals surface area contributed by atoms with Crippen LogP contribution in [0.4, 0.5) is 52.7 Å². The summed E-state index contributed by atoms with van der Waals surface area (Å²) in [6.45, 7) is -1.61. The Morgan fingerprint density at radius 1 is 0.800 bits per heavy atom. The molecule has 0 radical (unpaired) electrons. The summed E-state index contributed by atoms with van der Waals surface area (Å²) in [6.07, 6.45) is -2.24. The zero-order valence-corrected chi connectivity index (χ0v) is 17.5. The molecule has 1 amide bonds. The van der Waals surface area contributed by atoms with Crippen LogP contribution in [0.1, 0.15) is 5.56 Å². The Balaban J connectivity index is 2.11. The summed E-state index contributed by atoms with van der Waals surface area (Å²) in [5.74, 6) is -39.5. The number of benzene rings is 1. The van der Waals surface area contributed by atoms with Crippen LogP contribution in [0, 0.1) is 0 Å². The number of hydrogen-bond acceptors (Lipinski definition) is 2. The van der Waals surface area contributed by atoms with Gasteiger partial charge in [0.05, 0.1) is 0 Å². The number of piperazine rings is 1. The molecule has 2 rings (SSSR count). The van der Waals surface area contributed by atoms with Crippen LogP contribution in [0.5, 0.6) is 0 Å². The number of hydrogen-bond donors (Lipinski definition) is 0. The van der Waals surface area contributed by atoms with Gasteiger partial charge in [0.1, 0.15) is 0 Å². The Morgan fingerprint density at radius 3 is 1.80 bits per heavy atom. The second-order valence-electron chi connectivity index (χ2n) is 7.63. The van der Waals surface area contributed by atoms with Gasteiger partial charge in [0.2, 0.25) is 0 Å². The van der Waals surface area contributed by atoms with Gasteiger partial charge in [-0.3, -0.25) is 9.69 Å². The summed E-state index contributed by atoms with van der Waals surface area (Å²) >= 11 is 0. The van der Waals surface area contributed by atoms with Crippen molar-refractivity contribution in [2.24, 2.45) is 0 Å². The fraction of sp³-hybridized carbons (Fsp3) is 0.550. The van der Waals surface area contributed by atoms with Crippen molar-refractivity contribution >= 4 is 12.0 Å². The van der Waals surface area contributed by atoms with E-state index in [0.717, 1.165) is 5.56 Å². The van der Waals surface area contributed by atoms with E-state index in [4.69, 9.17) is 0 Å². The van der Waals surface area contributed by atoms with Gasteiger partial charge in [-0.15, -0.1) is 0 Å². The summed E-state index contributed by atoms with van der Waals surface area (Å²) in [5, 5.41) is 0. The minimum Gasteiger partial charge on any atom is -0.335 e. The van der Waals surface area contributed by atoms with E-state index in [2.05, 4.69) is 0 Å². The van der Waals surface area contributed by atoms with Crippen LogP contribution < -0.4 is 0 Å². The van der Waals surface area contributed by atoms with Crippen LogP contribution in [0.15, 0.2) is 36.4 Å². The van der Waals surface area contributed by atoms with Crippen LogP contribution in [0.25, 0.3) is 6.08 Å². The van der Waals surface area contributed by atoms with Crippen molar-refractivity contribution in [3.05, 3.63) is 42.0 Å². The van der Waals surface area contributed by atoms with Gasteiger partial charge in [-0.2, -0.15) is 43.9 Å². The van der Waals surface area contributed by atoms with Crippen molar-refractivity contribution in [1.29, 1.82) is 0 Å². The highest BCUT2D eigenvalue weighted by atomic mass is 19.4. The summed E-state index contributed by atoms with van der Waals surface area (Å²) in [4.78, 5) is 13.4. The number of nitrogens with zero attached hydrogens (tertiary/aromatic N) is 2. The molecule has 0 saturated carbocycles. The molecule has 1 aliphatic heterocycles. The van der Waals surface area contributed by atoms with Crippen molar-refractivity contribution in [3.8, 4) is 0 Å². The highest BCUT2D eigenvalue weighted by molar-refractivity contribution is 5.85. The Bertz CT molecular complexity index is 897. The maximum absolute atomic E-state index is 14.1. The van der Waals surface area contributed by atoms with E-state index in [0.29, 0.717) is 0 Å². The molecule has 0 aromatic heterocycles. The van der Waals surface area contributed by atoms with E-state index in [9.17, 15) is 57.5 Å². The predicted molar refractivity (Wildman–Crippen MR) is 99.2 cm³/mol. The number of rotatable bonds is 9. The smallest absolute Gasteiger partial charge is 0.335 e. The van der Waals surface area contributed by atoms with E-state index in [-0.39, 0.29) is 24.5 Å². The molecule has 0 spiro atoms. The van der Waals surface area contributed by atoms with Crippen LogP contribution in [-0.4, -0.2) is 84.5 Å². The first-order chi connectivity index (χ1) is 15.9. The zero-order valence-electron chi connectivity index (χ0n) is 17.5.